The fourth-order valence-corrected chi connectivity index (χ4v) is 9.97. The fourth-order valence-electron chi connectivity index (χ4n) is 7.12. The van der Waals surface area contributed by atoms with Crippen molar-refractivity contribution in [2.24, 2.45) is 0 Å². The van der Waals surface area contributed by atoms with Crippen molar-refractivity contribution in [2.45, 2.75) is 47.0 Å². The summed E-state index contributed by atoms with van der Waals surface area (Å²) in [6.45, 7) is 1.19. The lowest BCUT2D eigenvalue weighted by atomic mass is 9.75. The highest BCUT2D eigenvalue weighted by atomic mass is 79.9. The number of nitrogens with zero attached hydrogens (tertiary/aromatic N) is 2. The van der Waals surface area contributed by atoms with Crippen LogP contribution in [0.3, 0.4) is 0 Å². The topological polar surface area (TPSA) is 57.7 Å². The minimum absolute atomic E-state index is 0.00393. The average Bonchev–Trinajstić information content (AvgIpc) is 3.53. The van der Waals surface area contributed by atoms with E-state index in [2.05, 4.69) is 20.8 Å². The summed E-state index contributed by atoms with van der Waals surface area (Å²) in [7, 11) is -3.54. The largest absolute Gasteiger partial charge is 0.306 e. The molecule has 0 saturated carbocycles. The number of halogens is 1. The highest BCUT2D eigenvalue weighted by molar-refractivity contribution is 9.10. The number of sulfone groups is 1. The van der Waals surface area contributed by atoms with Crippen LogP contribution in [0.4, 0.5) is 5.69 Å². The van der Waals surface area contributed by atoms with Gasteiger partial charge >= 0.3 is 0 Å². The van der Waals surface area contributed by atoms with Gasteiger partial charge in [-0.25, -0.2) is 8.42 Å². The molecule has 2 fully saturated rings. The summed E-state index contributed by atoms with van der Waals surface area (Å²) in [4.78, 5) is 19.2. The van der Waals surface area contributed by atoms with Gasteiger partial charge in [-0.2, -0.15) is 0 Å². The minimum Gasteiger partial charge on any atom is -0.306 e. The van der Waals surface area contributed by atoms with E-state index in [1.54, 1.807) is 12.1 Å². The van der Waals surface area contributed by atoms with E-state index in [4.69, 9.17) is 0 Å². The van der Waals surface area contributed by atoms with Gasteiger partial charge in [0.15, 0.2) is 9.84 Å². The zero-order chi connectivity index (χ0) is 23.2. The van der Waals surface area contributed by atoms with Crippen molar-refractivity contribution in [2.75, 3.05) is 11.4 Å². The summed E-state index contributed by atoms with van der Waals surface area (Å²) in [6.07, 6.45) is 1.70. The number of hydrogen-bond donors (Lipinski definition) is 0. The van der Waals surface area contributed by atoms with Crippen LogP contribution in [-0.4, -0.2) is 37.1 Å². The molecule has 0 bridgehead atoms. The van der Waals surface area contributed by atoms with E-state index in [1.807, 2.05) is 65.6 Å². The van der Waals surface area contributed by atoms with E-state index < -0.39 is 26.5 Å². The average molecular weight is 535 g/mol. The molecule has 0 aliphatic carbocycles. The second-order valence-electron chi connectivity index (χ2n) is 9.73. The predicted octanol–water partition coefficient (Wildman–Crippen LogP) is 4.61. The molecule has 4 aliphatic heterocycles. The number of rotatable bonds is 2. The maximum atomic E-state index is 14.7. The zero-order valence-corrected chi connectivity index (χ0v) is 20.8. The number of benzene rings is 3. The van der Waals surface area contributed by atoms with Gasteiger partial charge in [0.05, 0.1) is 16.7 Å². The molecule has 3 aromatic rings. The molecule has 7 rings (SSSR count). The molecule has 34 heavy (non-hydrogen) atoms. The Balaban J connectivity index is 1.50. The smallest absolute Gasteiger partial charge is 0.253 e. The maximum Gasteiger partial charge on any atom is 0.253 e. The summed E-state index contributed by atoms with van der Waals surface area (Å²) in [5.74, 6) is -0.420. The highest BCUT2D eigenvalue weighted by Crippen LogP contribution is 2.65. The van der Waals surface area contributed by atoms with Crippen molar-refractivity contribution in [1.82, 2.24) is 4.90 Å². The molecule has 4 heterocycles. The van der Waals surface area contributed by atoms with E-state index >= 15 is 0 Å². The van der Waals surface area contributed by atoms with E-state index in [9.17, 15) is 13.2 Å². The van der Waals surface area contributed by atoms with Gasteiger partial charge in [-0.15, -0.1) is 0 Å². The first-order chi connectivity index (χ1) is 16.5. The normalized spacial score (nSPS) is 30.4. The molecule has 0 radical (unpaired) electrons. The number of carbonyl (C=O) groups is 1. The van der Waals surface area contributed by atoms with Gasteiger partial charge in [-0.3, -0.25) is 9.69 Å². The van der Waals surface area contributed by atoms with E-state index in [0.717, 1.165) is 46.2 Å². The standard InChI is InChI=1S/C27H23BrN2O3S/c28-18-12-13-21-20(15-18)27(26(31)29(21)16-17-7-2-1-3-8-17)24-19-9-4-5-11-23(19)34(32,33)25(24)22-10-6-14-30(22)27/h1-5,7-9,11-13,15,22,24-25H,6,10,14,16H2/t22-,24-,25-,27-/m1/s1. The minimum atomic E-state index is -3.54. The monoisotopic (exact) mass is 534 g/mol. The van der Waals surface area contributed by atoms with Gasteiger partial charge in [0.2, 0.25) is 0 Å². The molecule has 1 amide bonds. The predicted molar refractivity (Wildman–Crippen MR) is 133 cm³/mol. The summed E-state index contributed by atoms with van der Waals surface area (Å²) >= 11 is 3.63. The number of fused-ring (bicyclic) bond motifs is 9. The second kappa shape index (κ2) is 7.03. The molecule has 0 unspecified atom stereocenters. The second-order valence-corrected chi connectivity index (χ2v) is 12.7. The van der Waals surface area contributed by atoms with E-state index in [-0.39, 0.29) is 11.9 Å². The van der Waals surface area contributed by atoms with E-state index in [1.165, 1.54) is 0 Å². The Labute approximate surface area is 207 Å². The molecule has 4 atom stereocenters. The van der Waals surface area contributed by atoms with Gasteiger partial charge in [0, 0.05) is 27.7 Å². The number of carbonyl (C=O) groups excluding carboxylic acids is 1. The van der Waals surface area contributed by atoms with Gasteiger partial charge < -0.3 is 4.90 Å². The summed E-state index contributed by atoms with van der Waals surface area (Å²) < 4.78 is 28.6. The first-order valence-corrected chi connectivity index (χ1v) is 14.0. The van der Waals surface area contributed by atoms with Gasteiger partial charge in [-0.1, -0.05) is 64.5 Å². The van der Waals surface area contributed by atoms with Gasteiger partial charge in [-0.05, 0) is 54.8 Å². The molecular formula is C27H23BrN2O3S. The molecule has 0 aromatic heterocycles. The molecule has 4 aliphatic rings. The van der Waals surface area contributed by atoms with Crippen molar-refractivity contribution in [3.63, 3.8) is 0 Å². The Morgan fingerprint density at radius 1 is 1.00 bits per heavy atom. The molecule has 1 spiro atoms. The van der Waals surface area contributed by atoms with Crippen LogP contribution in [0.1, 0.15) is 35.4 Å². The molecule has 7 heteroatoms. The third-order valence-corrected chi connectivity index (χ3v) is 11.0. The molecule has 2 saturated heterocycles. The molecule has 172 valence electrons. The zero-order valence-electron chi connectivity index (χ0n) is 18.4. The quantitative estimate of drug-likeness (QED) is 0.481. The lowest BCUT2D eigenvalue weighted by molar-refractivity contribution is -0.129. The first kappa shape index (κ1) is 20.9. The van der Waals surface area contributed by atoms with Crippen LogP contribution >= 0.6 is 15.9 Å². The van der Waals surface area contributed by atoms with Crippen molar-refractivity contribution in [3.8, 4) is 0 Å². The van der Waals surface area contributed by atoms with Gasteiger partial charge in [0.25, 0.3) is 5.91 Å². The van der Waals surface area contributed by atoms with Gasteiger partial charge in [0.1, 0.15) is 5.54 Å². The van der Waals surface area contributed by atoms with Crippen molar-refractivity contribution < 1.29 is 13.2 Å². The van der Waals surface area contributed by atoms with Crippen LogP contribution in [0, 0.1) is 0 Å². The van der Waals surface area contributed by atoms with Crippen LogP contribution in [0.2, 0.25) is 0 Å². The Bertz CT molecular complexity index is 1460. The Morgan fingerprint density at radius 3 is 2.59 bits per heavy atom. The van der Waals surface area contributed by atoms with E-state index in [0.29, 0.717) is 11.4 Å². The third-order valence-electron chi connectivity index (χ3n) is 8.24. The number of hydrogen-bond acceptors (Lipinski definition) is 4. The molecule has 3 aromatic carbocycles. The Hall–Kier alpha value is -2.48. The first-order valence-electron chi connectivity index (χ1n) is 11.7. The van der Waals surface area contributed by atoms with Crippen LogP contribution in [-0.2, 0) is 26.7 Å². The fraction of sp³-hybridized carbons (Fsp3) is 0.296. The van der Waals surface area contributed by atoms with Crippen LogP contribution in [0.25, 0.3) is 0 Å². The van der Waals surface area contributed by atoms with Crippen molar-refractivity contribution in [1.29, 1.82) is 0 Å². The Morgan fingerprint density at radius 2 is 1.76 bits per heavy atom. The summed E-state index contributed by atoms with van der Waals surface area (Å²) in [5.41, 5.74) is 2.63. The highest BCUT2D eigenvalue weighted by Gasteiger charge is 2.74. The maximum absolute atomic E-state index is 14.7. The Kier molecular flexibility index (Phi) is 4.31. The molecular weight excluding hydrogens is 512 g/mol. The van der Waals surface area contributed by atoms with Crippen LogP contribution < -0.4 is 4.90 Å². The molecule has 5 nitrogen and oxygen atoms in total. The van der Waals surface area contributed by atoms with Crippen molar-refractivity contribution >= 4 is 37.4 Å². The van der Waals surface area contributed by atoms with Crippen molar-refractivity contribution in [3.05, 3.63) is 94.0 Å². The van der Waals surface area contributed by atoms with Crippen LogP contribution in [0.5, 0.6) is 0 Å². The lowest BCUT2D eigenvalue weighted by Crippen LogP contribution is -2.52. The number of amides is 1. The third kappa shape index (κ3) is 2.42. The lowest BCUT2D eigenvalue weighted by Gasteiger charge is -2.37. The number of anilines is 1. The SMILES string of the molecule is O=C1N(Cc2ccccc2)c2ccc(Br)cc2[C@@]12[C@@H]1c3ccccc3S(=O)(=O)[C@@H]1[C@H]1CCCN12. The van der Waals surface area contributed by atoms with Crippen LogP contribution in [0.15, 0.2) is 82.2 Å². The summed E-state index contributed by atoms with van der Waals surface area (Å²) in [6, 6.07) is 23.2. The summed E-state index contributed by atoms with van der Waals surface area (Å²) in [5, 5.41) is -0.597. The molecule has 0 N–H and O–H groups in total.